The van der Waals surface area contributed by atoms with Crippen LogP contribution in [0.2, 0.25) is 0 Å². The number of nitrogens with zero attached hydrogens (tertiary/aromatic N) is 2. The highest BCUT2D eigenvalue weighted by molar-refractivity contribution is 5.39. The van der Waals surface area contributed by atoms with E-state index in [2.05, 4.69) is 11.1 Å². The Kier molecular flexibility index (Phi) is 2.90. The fraction of sp³-hybridized carbons (Fsp3) is 0.143. The molecule has 1 aromatic carbocycles. The zero-order valence-electron chi connectivity index (χ0n) is 9.46. The van der Waals surface area contributed by atoms with E-state index in [1.165, 1.54) is 0 Å². The zero-order chi connectivity index (χ0) is 12.3. The maximum absolute atomic E-state index is 10.5. The van der Waals surface area contributed by atoms with Crippen LogP contribution < -0.4 is 0 Å². The van der Waals surface area contributed by atoms with Crippen molar-refractivity contribution in [3.05, 3.63) is 65.5 Å². The fourth-order valence-electron chi connectivity index (χ4n) is 1.71. The molecule has 3 heteroatoms. The number of pyridine rings is 1. The topological polar surface area (TPSA) is 56.9 Å². The van der Waals surface area contributed by atoms with Gasteiger partial charge < -0.3 is 5.11 Å². The van der Waals surface area contributed by atoms with Gasteiger partial charge in [0.2, 0.25) is 0 Å². The predicted octanol–water partition coefficient (Wildman–Crippen LogP) is 2.21. The molecule has 0 aliphatic carbocycles. The number of hydrogen-bond acceptors (Lipinski definition) is 3. The fourth-order valence-corrected chi connectivity index (χ4v) is 1.71. The minimum Gasteiger partial charge on any atom is -0.381 e. The van der Waals surface area contributed by atoms with E-state index in [4.69, 9.17) is 5.26 Å². The first-order valence-corrected chi connectivity index (χ1v) is 5.28. The summed E-state index contributed by atoms with van der Waals surface area (Å²) in [5.74, 6) is 0. The van der Waals surface area contributed by atoms with Crippen molar-refractivity contribution < 1.29 is 5.11 Å². The van der Waals surface area contributed by atoms with Crippen molar-refractivity contribution >= 4 is 0 Å². The zero-order valence-corrected chi connectivity index (χ0v) is 9.46. The molecule has 0 fully saturated rings. The molecular formula is C14H12N2O. The molecule has 3 nitrogen and oxygen atoms in total. The summed E-state index contributed by atoms with van der Waals surface area (Å²) < 4.78 is 0. The minimum absolute atomic E-state index is 0.534. The molecule has 1 unspecified atom stereocenters. The lowest BCUT2D eigenvalue weighted by molar-refractivity contribution is 0.102. The number of rotatable bonds is 2. The van der Waals surface area contributed by atoms with Crippen LogP contribution in [0.1, 0.15) is 23.6 Å². The Morgan fingerprint density at radius 3 is 2.65 bits per heavy atom. The molecule has 1 aromatic heterocycles. The first-order valence-electron chi connectivity index (χ1n) is 5.28. The Labute approximate surface area is 100.0 Å². The van der Waals surface area contributed by atoms with Crippen LogP contribution in [0.15, 0.2) is 48.8 Å². The lowest BCUT2D eigenvalue weighted by atomic mass is 9.88. The largest absolute Gasteiger partial charge is 0.381 e. The molecule has 84 valence electrons. The summed E-state index contributed by atoms with van der Waals surface area (Å²) >= 11 is 0. The van der Waals surface area contributed by atoms with E-state index in [0.717, 1.165) is 0 Å². The van der Waals surface area contributed by atoms with Crippen molar-refractivity contribution in [1.82, 2.24) is 4.98 Å². The molecule has 0 saturated carbocycles. The smallest absolute Gasteiger partial charge is 0.113 e. The Morgan fingerprint density at radius 1 is 1.24 bits per heavy atom. The van der Waals surface area contributed by atoms with Gasteiger partial charge in [0.1, 0.15) is 5.60 Å². The van der Waals surface area contributed by atoms with Gasteiger partial charge in [-0.1, -0.05) is 18.2 Å². The van der Waals surface area contributed by atoms with Gasteiger partial charge in [0.05, 0.1) is 11.6 Å². The maximum Gasteiger partial charge on any atom is 0.113 e. The lowest BCUT2D eigenvalue weighted by Gasteiger charge is -2.24. The summed E-state index contributed by atoms with van der Waals surface area (Å²) in [6.07, 6.45) is 3.28. The molecule has 0 aliphatic rings. The monoisotopic (exact) mass is 224 g/mol. The average molecular weight is 224 g/mol. The second-order valence-electron chi connectivity index (χ2n) is 4.01. The van der Waals surface area contributed by atoms with Gasteiger partial charge in [-0.15, -0.1) is 0 Å². The van der Waals surface area contributed by atoms with Gasteiger partial charge >= 0.3 is 0 Å². The Morgan fingerprint density at radius 2 is 2.00 bits per heavy atom. The van der Waals surface area contributed by atoms with Crippen LogP contribution in [0.4, 0.5) is 0 Å². The first kappa shape index (κ1) is 11.3. The first-order chi connectivity index (χ1) is 8.14. The summed E-state index contributed by atoms with van der Waals surface area (Å²) in [6.45, 7) is 1.69. The molecule has 0 saturated heterocycles. The normalized spacial score (nSPS) is 13.7. The van der Waals surface area contributed by atoms with Crippen LogP contribution in [-0.4, -0.2) is 10.1 Å². The van der Waals surface area contributed by atoms with Crippen LogP contribution in [-0.2, 0) is 5.60 Å². The van der Waals surface area contributed by atoms with E-state index in [1.54, 1.807) is 49.6 Å². The SMILES string of the molecule is CC(O)(c1cccnc1)c1cccc(C#N)c1. The van der Waals surface area contributed by atoms with Crippen LogP contribution in [0.25, 0.3) is 0 Å². The van der Waals surface area contributed by atoms with E-state index in [-0.39, 0.29) is 0 Å². The molecule has 0 amide bonds. The third-order valence-corrected chi connectivity index (χ3v) is 2.78. The highest BCUT2D eigenvalue weighted by Gasteiger charge is 2.25. The molecule has 2 rings (SSSR count). The van der Waals surface area contributed by atoms with Crippen molar-refractivity contribution in [2.75, 3.05) is 0 Å². The van der Waals surface area contributed by atoms with Gasteiger partial charge in [0, 0.05) is 18.0 Å². The molecule has 2 aromatic rings. The van der Waals surface area contributed by atoms with E-state index in [0.29, 0.717) is 16.7 Å². The van der Waals surface area contributed by atoms with Crippen LogP contribution in [0.5, 0.6) is 0 Å². The number of aliphatic hydroxyl groups is 1. The van der Waals surface area contributed by atoms with E-state index in [1.807, 2.05) is 6.07 Å². The Hall–Kier alpha value is -2.18. The highest BCUT2D eigenvalue weighted by atomic mass is 16.3. The van der Waals surface area contributed by atoms with Crippen molar-refractivity contribution in [2.45, 2.75) is 12.5 Å². The van der Waals surface area contributed by atoms with Gasteiger partial charge in [-0.05, 0) is 30.7 Å². The van der Waals surface area contributed by atoms with Gasteiger partial charge in [-0.2, -0.15) is 5.26 Å². The van der Waals surface area contributed by atoms with E-state index >= 15 is 0 Å². The summed E-state index contributed by atoms with van der Waals surface area (Å²) in [4.78, 5) is 3.99. The number of benzene rings is 1. The molecule has 0 radical (unpaired) electrons. The van der Waals surface area contributed by atoms with Crippen molar-refractivity contribution in [1.29, 1.82) is 5.26 Å². The van der Waals surface area contributed by atoms with E-state index < -0.39 is 5.60 Å². The molecule has 17 heavy (non-hydrogen) atoms. The number of aromatic nitrogens is 1. The van der Waals surface area contributed by atoms with Gasteiger partial charge in [-0.3, -0.25) is 4.98 Å². The molecule has 1 atom stereocenters. The lowest BCUT2D eigenvalue weighted by Crippen LogP contribution is -2.22. The predicted molar refractivity (Wildman–Crippen MR) is 64.1 cm³/mol. The third kappa shape index (κ3) is 2.17. The summed E-state index contributed by atoms with van der Waals surface area (Å²) in [5.41, 5.74) is 0.785. The van der Waals surface area contributed by atoms with Gasteiger partial charge in [0.25, 0.3) is 0 Å². The van der Waals surface area contributed by atoms with Gasteiger partial charge in [0.15, 0.2) is 0 Å². The number of hydrogen-bond donors (Lipinski definition) is 1. The quantitative estimate of drug-likeness (QED) is 0.850. The van der Waals surface area contributed by atoms with Crippen LogP contribution in [0.3, 0.4) is 0 Å². The molecular weight excluding hydrogens is 212 g/mol. The van der Waals surface area contributed by atoms with Crippen LogP contribution in [0, 0.1) is 11.3 Å². The maximum atomic E-state index is 10.5. The molecule has 1 heterocycles. The molecule has 1 N–H and O–H groups in total. The van der Waals surface area contributed by atoms with Crippen molar-refractivity contribution in [2.24, 2.45) is 0 Å². The minimum atomic E-state index is -1.14. The van der Waals surface area contributed by atoms with E-state index in [9.17, 15) is 5.11 Å². The second kappa shape index (κ2) is 4.36. The highest BCUT2D eigenvalue weighted by Crippen LogP contribution is 2.28. The second-order valence-corrected chi connectivity index (χ2v) is 4.01. The van der Waals surface area contributed by atoms with Crippen molar-refractivity contribution in [3.8, 4) is 6.07 Å². The average Bonchev–Trinajstić information content (AvgIpc) is 2.40. The van der Waals surface area contributed by atoms with Crippen LogP contribution >= 0.6 is 0 Å². The summed E-state index contributed by atoms with van der Waals surface area (Å²) in [5, 5.41) is 19.4. The molecule has 0 bridgehead atoms. The van der Waals surface area contributed by atoms with Crippen molar-refractivity contribution in [3.63, 3.8) is 0 Å². The number of nitriles is 1. The molecule has 0 aliphatic heterocycles. The summed E-state index contributed by atoms with van der Waals surface area (Å²) in [6, 6.07) is 12.6. The summed E-state index contributed by atoms with van der Waals surface area (Å²) in [7, 11) is 0. The Bertz CT molecular complexity index is 556. The molecule has 0 spiro atoms. The third-order valence-electron chi connectivity index (χ3n) is 2.78. The standard InChI is InChI=1S/C14H12N2O/c1-14(17,13-6-3-7-16-10-13)12-5-2-4-11(8-12)9-15/h2-8,10,17H,1H3. The van der Waals surface area contributed by atoms with Gasteiger partial charge in [-0.25, -0.2) is 0 Å². The Balaban J connectivity index is 2.48.